The maximum absolute atomic E-state index is 13.1. The average molecular weight is 1100 g/mol. The number of nitrogens with zero attached hydrogens (tertiary/aromatic N) is 10. The molecule has 1 atom stereocenters. The van der Waals surface area contributed by atoms with Crippen LogP contribution in [0.5, 0.6) is 5.75 Å². The Morgan fingerprint density at radius 2 is 1.32 bits per heavy atom. The first-order valence-electron chi connectivity index (χ1n) is 20.8. The fraction of sp³-hybridized carbons (Fsp3) is 0.182. The summed E-state index contributed by atoms with van der Waals surface area (Å²) in [5.74, 6) is -0.598. The molecule has 4 aromatic carbocycles. The Morgan fingerprint density at radius 3 is 1.93 bits per heavy atom. The van der Waals surface area contributed by atoms with E-state index in [0.717, 1.165) is 28.7 Å². The Hall–Kier alpha value is -7.16. The van der Waals surface area contributed by atoms with Crippen LogP contribution in [0, 0.1) is 78.1 Å². The second-order valence-corrected chi connectivity index (χ2v) is 23.1. The highest BCUT2D eigenvalue weighted by molar-refractivity contribution is 7.86. The van der Waals surface area contributed by atoms with Crippen LogP contribution in [-0.4, -0.2) is 72.4 Å². The molecule has 23 nitrogen and oxygen atoms in total. The van der Waals surface area contributed by atoms with Crippen LogP contribution in [-0.2, 0) is 41.7 Å². The van der Waals surface area contributed by atoms with Crippen LogP contribution in [0.25, 0.3) is 25.6 Å². The molecule has 376 valence electrons. The Labute approximate surface area is 426 Å². The van der Waals surface area contributed by atoms with Crippen molar-refractivity contribution >= 4 is 124 Å². The molecule has 8 rings (SSSR count). The first kappa shape index (κ1) is 52.2. The fourth-order valence-electron chi connectivity index (χ4n) is 8.49. The lowest BCUT2D eigenvalue weighted by molar-refractivity contribution is 0.458. The summed E-state index contributed by atoms with van der Waals surface area (Å²) >= 11 is -0.749. The number of aryl methyl sites for hydroxylation is 5. The normalized spacial score (nSPS) is 12.6. The van der Waals surface area contributed by atoms with E-state index in [1.165, 1.54) is 93.6 Å². The predicted molar refractivity (Wildman–Crippen MR) is 271 cm³/mol. The van der Waals surface area contributed by atoms with Crippen molar-refractivity contribution in [2.75, 3.05) is 10.2 Å². The molecule has 73 heavy (non-hydrogen) atoms. The minimum atomic E-state index is -4.90. The zero-order chi connectivity index (χ0) is 53.4. The van der Waals surface area contributed by atoms with E-state index in [-0.39, 0.29) is 100 Å². The van der Waals surface area contributed by atoms with E-state index in [4.69, 9.17) is 14.2 Å². The number of azo groups is 1. The number of pyridine rings is 1. The Bertz CT molecular complexity index is 4190. The summed E-state index contributed by atoms with van der Waals surface area (Å²) in [4.78, 5) is 14.5. The van der Waals surface area contributed by atoms with Crippen molar-refractivity contribution in [3.63, 3.8) is 0 Å². The van der Waals surface area contributed by atoms with Gasteiger partial charge in [0, 0.05) is 17.3 Å². The Balaban J connectivity index is 1.45. The number of hydrogen-bond donors (Lipinski definition) is 5. The molecular weight excluding hydrogens is 1070 g/mol. The van der Waals surface area contributed by atoms with Gasteiger partial charge in [-0.2, -0.15) is 49.8 Å². The van der Waals surface area contributed by atoms with Crippen molar-refractivity contribution in [3.8, 4) is 23.0 Å². The van der Waals surface area contributed by atoms with Gasteiger partial charge >= 0.3 is 11.4 Å². The van der Waals surface area contributed by atoms with Crippen molar-refractivity contribution in [2.45, 2.75) is 70.1 Å². The third-order valence-corrected chi connectivity index (χ3v) is 16.9. The zero-order valence-electron chi connectivity index (χ0n) is 39.1. The fourth-order valence-corrected chi connectivity index (χ4v) is 13.2. The summed E-state index contributed by atoms with van der Waals surface area (Å²) in [5.41, 5.74) is 2.00. The van der Waals surface area contributed by atoms with E-state index < -0.39 is 51.5 Å². The van der Waals surface area contributed by atoms with Crippen LogP contribution in [0.3, 0.4) is 0 Å². The minimum Gasteiger partial charge on any atom is -0.380 e. The number of aromatic nitrogens is 5. The van der Waals surface area contributed by atoms with Crippen LogP contribution in [0.15, 0.2) is 73.4 Å². The molecule has 1 unspecified atom stereocenters. The lowest BCUT2D eigenvalue weighted by atomic mass is 10.0. The lowest BCUT2D eigenvalue weighted by Crippen LogP contribution is -2.19. The lowest BCUT2D eigenvalue weighted by Gasteiger charge is -2.28. The highest BCUT2D eigenvalue weighted by atomic mass is 32.2. The van der Waals surface area contributed by atoms with Crippen LogP contribution in [0.4, 0.5) is 39.6 Å². The van der Waals surface area contributed by atoms with Crippen LogP contribution in [0.1, 0.15) is 55.8 Å². The standard InChI is InChI=1S/C44H37N11O12S6/c1-19-13-21(3)38(72(61,62)63)24(6)35(19)49-40-36(51-52-42-30(18-46)26(8)53-55(42)44-48-32-12-10-28(71(58,59)60)16-34(32)69-44)23(5)29(17-45)41(50-40)54(37-20(2)14-22(4)39(25(37)7)73(64,65)66)43-47-31-11-9-27(67-70(56)57)15-33(31)68-43/h9-16H,1-8H3,(H,49,50)(H,56,57)(H,58,59,60)(H,61,62,63)(H,64,65,66). The van der Waals surface area contributed by atoms with Crippen LogP contribution >= 0.6 is 22.7 Å². The van der Waals surface area contributed by atoms with Crippen molar-refractivity contribution in [2.24, 2.45) is 10.2 Å². The van der Waals surface area contributed by atoms with Gasteiger partial charge in [0.25, 0.3) is 30.4 Å². The quantitative estimate of drug-likeness (QED) is 0.0407. The average Bonchev–Trinajstić information content (AvgIpc) is 3.98. The van der Waals surface area contributed by atoms with Gasteiger partial charge < -0.3 is 9.50 Å². The Morgan fingerprint density at radius 1 is 0.712 bits per heavy atom. The summed E-state index contributed by atoms with van der Waals surface area (Å²) in [5, 5.41) is 38.4. The molecule has 0 fully saturated rings. The molecule has 0 aliphatic rings. The summed E-state index contributed by atoms with van der Waals surface area (Å²) in [7, 11) is -14.3. The second kappa shape index (κ2) is 19.0. The smallest absolute Gasteiger partial charge is 0.357 e. The summed E-state index contributed by atoms with van der Waals surface area (Å²) in [6.07, 6.45) is 0. The number of thiazole rings is 2. The largest absolute Gasteiger partial charge is 0.380 e. The molecule has 5 N–H and O–H groups in total. The maximum atomic E-state index is 13.1. The molecule has 0 spiro atoms. The van der Waals surface area contributed by atoms with Crippen LogP contribution < -0.4 is 14.4 Å². The molecule has 0 amide bonds. The number of hydrogen-bond acceptors (Lipinski definition) is 20. The number of fused-ring (bicyclic) bond motifs is 2. The van der Waals surface area contributed by atoms with E-state index >= 15 is 0 Å². The molecule has 8 aromatic rings. The summed E-state index contributed by atoms with van der Waals surface area (Å²) in [6.45, 7) is 12.2. The number of benzene rings is 4. The number of nitriles is 2. The van der Waals surface area contributed by atoms with E-state index in [2.05, 4.69) is 37.8 Å². The molecule has 0 saturated carbocycles. The van der Waals surface area contributed by atoms with Gasteiger partial charge in [0.1, 0.15) is 44.5 Å². The number of anilines is 5. The molecule has 4 aromatic heterocycles. The highest BCUT2D eigenvalue weighted by Gasteiger charge is 2.33. The number of nitrogens with one attached hydrogen (secondary N) is 1. The van der Waals surface area contributed by atoms with Gasteiger partial charge in [-0.3, -0.25) is 23.1 Å². The van der Waals surface area contributed by atoms with Gasteiger partial charge in [0.15, 0.2) is 22.6 Å². The Kier molecular flexibility index (Phi) is 13.6. The maximum Gasteiger partial charge on any atom is 0.357 e. The molecule has 0 aliphatic carbocycles. The molecule has 0 aliphatic heterocycles. The van der Waals surface area contributed by atoms with Gasteiger partial charge in [0.05, 0.1) is 36.7 Å². The predicted octanol–water partition coefficient (Wildman–Crippen LogP) is 9.58. The monoisotopic (exact) mass is 1100 g/mol. The SMILES string of the molecule is Cc1cc(C)c(S(=O)(=O)O)c(C)c1Nc1nc(N(c2nc3ccc(OS(=O)O)cc3s2)c2c(C)cc(C)c(S(=O)(=O)O)c2C)c(C#N)c(C)c1N=Nc1c(C#N)c(C)nn1-c1nc2ccc(S(=O)(=O)O)cc2s1. The van der Waals surface area contributed by atoms with Crippen LogP contribution in [0.2, 0.25) is 0 Å². The van der Waals surface area contributed by atoms with Gasteiger partial charge in [-0.15, -0.1) is 10.2 Å². The minimum absolute atomic E-state index is 0.00191. The molecule has 0 bridgehead atoms. The van der Waals surface area contributed by atoms with Gasteiger partial charge in [-0.05, 0) is 119 Å². The molecular formula is C44H37N11O12S6. The van der Waals surface area contributed by atoms with Crippen molar-refractivity contribution in [3.05, 3.63) is 104 Å². The molecule has 4 heterocycles. The third-order valence-electron chi connectivity index (χ3n) is 11.4. The van der Waals surface area contributed by atoms with Crippen molar-refractivity contribution < 1.29 is 51.9 Å². The second-order valence-electron chi connectivity index (χ2n) is 16.3. The van der Waals surface area contributed by atoms with E-state index in [0.29, 0.717) is 31.6 Å². The van der Waals surface area contributed by atoms with E-state index in [9.17, 15) is 58.2 Å². The van der Waals surface area contributed by atoms with E-state index in [1.807, 2.05) is 0 Å². The van der Waals surface area contributed by atoms with Crippen molar-refractivity contribution in [1.29, 1.82) is 10.5 Å². The molecule has 29 heteroatoms. The summed E-state index contributed by atoms with van der Waals surface area (Å²) in [6, 6.07) is 15.3. The van der Waals surface area contributed by atoms with E-state index in [1.54, 1.807) is 13.8 Å². The first-order chi connectivity index (χ1) is 34.1. The first-order valence-corrected chi connectivity index (χ1v) is 27.8. The van der Waals surface area contributed by atoms with Crippen molar-refractivity contribution in [1.82, 2.24) is 24.7 Å². The molecule has 0 saturated heterocycles. The summed E-state index contributed by atoms with van der Waals surface area (Å²) < 4.78 is 134. The van der Waals surface area contributed by atoms with Gasteiger partial charge in [-0.1, -0.05) is 34.8 Å². The van der Waals surface area contributed by atoms with Gasteiger partial charge in [0.2, 0.25) is 5.13 Å². The number of rotatable bonds is 13. The third kappa shape index (κ3) is 9.78. The molecule has 0 radical (unpaired) electrons. The topological polar surface area (TPSA) is 354 Å². The highest BCUT2D eigenvalue weighted by Crippen LogP contribution is 2.49. The zero-order valence-corrected chi connectivity index (χ0v) is 44.0. The van der Waals surface area contributed by atoms with Gasteiger partial charge in [-0.25, -0.2) is 15.0 Å².